The average molecular weight is 421 g/mol. The lowest BCUT2D eigenvalue weighted by Crippen LogP contribution is -2.38. The minimum absolute atomic E-state index is 0.140. The summed E-state index contributed by atoms with van der Waals surface area (Å²) in [6, 6.07) is 9.92. The van der Waals surface area contributed by atoms with Crippen molar-refractivity contribution in [1.29, 1.82) is 0 Å². The van der Waals surface area contributed by atoms with Gasteiger partial charge >= 0.3 is 5.97 Å². The van der Waals surface area contributed by atoms with Crippen LogP contribution in [0.2, 0.25) is 0 Å². The molecule has 0 amide bonds. The van der Waals surface area contributed by atoms with Crippen molar-refractivity contribution in [2.75, 3.05) is 20.2 Å². The maximum atomic E-state index is 12.9. The van der Waals surface area contributed by atoms with Crippen LogP contribution in [0.25, 0.3) is 6.08 Å². The van der Waals surface area contributed by atoms with E-state index >= 15 is 0 Å². The van der Waals surface area contributed by atoms with E-state index in [2.05, 4.69) is 18.7 Å². The number of phenolic OH excluding ortho intramolecular Hbond substituents is 1. The van der Waals surface area contributed by atoms with Crippen molar-refractivity contribution in [3.8, 4) is 11.5 Å². The zero-order valence-electron chi connectivity index (χ0n) is 18.1. The molecule has 2 aromatic carbocycles. The van der Waals surface area contributed by atoms with Crippen molar-refractivity contribution in [3.05, 3.63) is 64.4 Å². The highest BCUT2D eigenvalue weighted by molar-refractivity contribution is 6.15. The summed E-state index contributed by atoms with van der Waals surface area (Å²) >= 11 is 0. The molecule has 0 unspecified atom stereocenters. The number of phenols is 1. The Hall–Kier alpha value is -3.12. The van der Waals surface area contributed by atoms with E-state index in [1.807, 2.05) is 0 Å². The molecule has 0 radical (unpaired) electrons. The smallest absolute Gasteiger partial charge is 0.337 e. The van der Waals surface area contributed by atoms with Crippen molar-refractivity contribution in [1.82, 2.24) is 4.90 Å². The summed E-state index contributed by atoms with van der Waals surface area (Å²) < 4.78 is 10.7. The molecule has 2 atom stereocenters. The predicted molar refractivity (Wildman–Crippen MR) is 117 cm³/mol. The zero-order chi connectivity index (χ0) is 22.1. The molecule has 1 N–H and O–H groups in total. The largest absolute Gasteiger partial charge is 0.507 e. The molecule has 0 bridgehead atoms. The Labute approximate surface area is 182 Å². The van der Waals surface area contributed by atoms with Gasteiger partial charge in [-0.25, -0.2) is 4.79 Å². The maximum absolute atomic E-state index is 12.9. The van der Waals surface area contributed by atoms with Crippen LogP contribution in [0.4, 0.5) is 0 Å². The molecule has 2 heterocycles. The molecular weight excluding hydrogens is 394 g/mol. The molecule has 0 saturated carbocycles. The molecule has 0 aliphatic carbocycles. The fourth-order valence-corrected chi connectivity index (χ4v) is 4.58. The van der Waals surface area contributed by atoms with E-state index in [1.54, 1.807) is 42.5 Å². The van der Waals surface area contributed by atoms with E-state index in [9.17, 15) is 14.7 Å². The van der Waals surface area contributed by atoms with Gasteiger partial charge in [0.2, 0.25) is 5.78 Å². The van der Waals surface area contributed by atoms with E-state index in [0.717, 1.165) is 18.7 Å². The molecule has 31 heavy (non-hydrogen) atoms. The first-order chi connectivity index (χ1) is 14.9. The van der Waals surface area contributed by atoms with Crippen molar-refractivity contribution in [2.24, 2.45) is 11.8 Å². The monoisotopic (exact) mass is 421 g/mol. The number of fused-ring (bicyclic) bond motifs is 1. The van der Waals surface area contributed by atoms with Gasteiger partial charge in [-0.2, -0.15) is 0 Å². The van der Waals surface area contributed by atoms with Gasteiger partial charge in [-0.05, 0) is 54.2 Å². The third kappa shape index (κ3) is 4.35. The first kappa shape index (κ1) is 21.1. The van der Waals surface area contributed by atoms with E-state index in [-0.39, 0.29) is 17.3 Å². The Bertz CT molecular complexity index is 1030. The van der Waals surface area contributed by atoms with Gasteiger partial charge in [0, 0.05) is 19.6 Å². The van der Waals surface area contributed by atoms with Crippen molar-refractivity contribution in [2.45, 2.75) is 26.8 Å². The summed E-state index contributed by atoms with van der Waals surface area (Å²) in [4.78, 5) is 26.8. The highest BCUT2D eigenvalue weighted by atomic mass is 16.5. The molecule has 2 aliphatic heterocycles. The average Bonchev–Trinajstić information content (AvgIpc) is 3.05. The summed E-state index contributed by atoms with van der Waals surface area (Å²) in [6.45, 7) is 6.93. The van der Waals surface area contributed by atoms with Crippen LogP contribution in [0, 0.1) is 11.8 Å². The SMILES string of the molecule is COC(=O)c1ccc(C=C2Oc3c(ccc(O)c3CN3C[C@H](C)C[C@H](C)C3)C2=O)cc1. The summed E-state index contributed by atoms with van der Waals surface area (Å²) in [5.74, 6) is 1.33. The van der Waals surface area contributed by atoms with Crippen LogP contribution >= 0.6 is 0 Å². The molecule has 2 aliphatic rings. The number of ketones is 1. The lowest BCUT2D eigenvalue weighted by Gasteiger charge is -2.35. The number of nitrogens with zero attached hydrogens (tertiary/aromatic N) is 1. The van der Waals surface area contributed by atoms with Gasteiger partial charge in [0.1, 0.15) is 11.5 Å². The van der Waals surface area contributed by atoms with Crippen LogP contribution in [0.15, 0.2) is 42.2 Å². The number of hydrogen-bond donors (Lipinski definition) is 1. The number of piperidine rings is 1. The van der Waals surface area contributed by atoms with Gasteiger partial charge in [-0.3, -0.25) is 9.69 Å². The van der Waals surface area contributed by atoms with Gasteiger partial charge in [0.15, 0.2) is 5.76 Å². The Balaban J connectivity index is 1.59. The summed E-state index contributed by atoms with van der Waals surface area (Å²) in [5.41, 5.74) is 2.27. The van der Waals surface area contributed by atoms with E-state index in [0.29, 0.717) is 40.8 Å². The number of methoxy groups -OCH3 is 1. The molecule has 2 aromatic rings. The van der Waals surface area contributed by atoms with Crippen LogP contribution in [0.5, 0.6) is 11.5 Å². The third-order valence-corrected chi connectivity index (χ3v) is 5.87. The number of benzene rings is 2. The lowest BCUT2D eigenvalue weighted by atomic mass is 9.91. The van der Waals surface area contributed by atoms with Gasteiger partial charge in [-0.1, -0.05) is 26.0 Å². The minimum Gasteiger partial charge on any atom is -0.507 e. The third-order valence-electron chi connectivity index (χ3n) is 5.87. The van der Waals surface area contributed by atoms with E-state index < -0.39 is 5.97 Å². The van der Waals surface area contributed by atoms with Crippen molar-refractivity contribution >= 4 is 17.8 Å². The lowest BCUT2D eigenvalue weighted by molar-refractivity contribution is 0.0600. The highest BCUT2D eigenvalue weighted by Gasteiger charge is 2.32. The van der Waals surface area contributed by atoms with Crippen LogP contribution in [0.3, 0.4) is 0 Å². The van der Waals surface area contributed by atoms with Gasteiger partial charge in [-0.15, -0.1) is 0 Å². The fourth-order valence-electron chi connectivity index (χ4n) is 4.58. The standard InChI is InChI=1S/C25H27NO5/c1-15-10-16(2)13-26(12-15)14-20-21(27)9-8-19-23(28)22(31-24(19)20)11-17-4-6-18(7-5-17)25(29)30-3/h4-9,11,15-16,27H,10,12-14H2,1-3H3/t15-,16+. The molecule has 6 heteroatoms. The van der Waals surface area contributed by atoms with E-state index in [1.165, 1.54) is 13.5 Å². The zero-order valence-corrected chi connectivity index (χ0v) is 18.1. The number of aromatic hydroxyl groups is 1. The molecule has 0 aromatic heterocycles. The van der Waals surface area contributed by atoms with Gasteiger partial charge < -0.3 is 14.6 Å². The van der Waals surface area contributed by atoms with E-state index in [4.69, 9.17) is 9.47 Å². The van der Waals surface area contributed by atoms with Crippen LogP contribution in [0.1, 0.15) is 52.1 Å². The topological polar surface area (TPSA) is 76.1 Å². The second kappa shape index (κ2) is 8.55. The molecule has 0 spiro atoms. The number of Topliss-reactive ketones (excluding diaryl/α,β-unsaturated/α-hetero) is 1. The predicted octanol–water partition coefficient (Wildman–Crippen LogP) is 4.27. The summed E-state index contributed by atoms with van der Waals surface area (Å²) in [5, 5.41) is 10.5. The Morgan fingerprint density at radius 2 is 1.84 bits per heavy atom. The van der Waals surface area contributed by atoms with Crippen LogP contribution < -0.4 is 4.74 Å². The molecule has 1 saturated heterocycles. The molecule has 4 rings (SSSR count). The van der Waals surface area contributed by atoms with Crippen LogP contribution in [-0.2, 0) is 11.3 Å². The minimum atomic E-state index is -0.415. The number of carbonyl (C=O) groups excluding carboxylic acids is 2. The number of carbonyl (C=O) groups is 2. The van der Waals surface area contributed by atoms with Crippen molar-refractivity contribution < 1.29 is 24.2 Å². The Morgan fingerprint density at radius 1 is 1.16 bits per heavy atom. The Kier molecular flexibility index (Phi) is 5.83. The summed E-state index contributed by atoms with van der Waals surface area (Å²) in [7, 11) is 1.33. The Morgan fingerprint density at radius 3 is 2.48 bits per heavy atom. The van der Waals surface area contributed by atoms with Gasteiger partial charge in [0.25, 0.3) is 0 Å². The highest BCUT2D eigenvalue weighted by Crippen LogP contribution is 2.40. The van der Waals surface area contributed by atoms with Crippen LogP contribution in [-0.4, -0.2) is 42.0 Å². The number of hydrogen-bond acceptors (Lipinski definition) is 6. The number of ether oxygens (including phenoxy) is 2. The molecular formula is C25H27NO5. The molecule has 6 nitrogen and oxygen atoms in total. The fraction of sp³-hybridized carbons (Fsp3) is 0.360. The first-order valence-electron chi connectivity index (χ1n) is 10.6. The molecule has 1 fully saturated rings. The second-order valence-electron chi connectivity index (χ2n) is 8.63. The normalized spacial score (nSPS) is 22.3. The summed E-state index contributed by atoms with van der Waals surface area (Å²) in [6.07, 6.45) is 2.85. The first-order valence-corrected chi connectivity index (χ1v) is 10.6. The quantitative estimate of drug-likeness (QED) is 0.587. The molecule has 162 valence electrons. The number of esters is 1. The van der Waals surface area contributed by atoms with Gasteiger partial charge in [0.05, 0.1) is 23.8 Å². The maximum Gasteiger partial charge on any atom is 0.337 e. The number of likely N-dealkylation sites (tertiary alicyclic amines) is 1. The van der Waals surface area contributed by atoms with Crippen molar-refractivity contribution in [3.63, 3.8) is 0 Å². The number of rotatable bonds is 4. The second-order valence-corrected chi connectivity index (χ2v) is 8.63. The number of allylic oxidation sites excluding steroid dienone is 1.